The van der Waals surface area contributed by atoms with Crippen LogP contribution in [0.15, 0.2) is 0 Å². The monoisotopic (exact) mass is 298 g/mol. The summed E-state index contributed by atoms with van der Waals surface area (Å²) < 4.78 is 10.8. The number of hydrogen-bond acceptors (Lipinski definition) is 4. The maximum absolute atomic E-state index is 5.41. The van der Waals surface area contributed by atoms with Crippen LogP contribution >= 0.6 is 24.8 Å². The Bertz CT molecular complexity index is 182. The number of halogens is 2. The van der Waals surface area contributed by atoms with E-state index in [-0.39, 0.29) is 24.8 Å². The highest BCUT2D eigenvalue weighted by atomic mass is 35.5. The van der Waals surface area contributed by atoms with E-state index in [1.165, 1.54) is 25.7 Å². The first-order valence-electron chi connectivity index (χ1n) is 6.63. The van der Waals surface area contributed by atoms with Crippen molar-refractivity contribution < 1.29 is 9.47 Å². The number of nitrogens with one attached hydrogen (secondary N) is 2. The second-order valence-corrected chi connectivity index (χ2v) is 5.09. The van der Waals surface area contributed by atoms with Gasteiger partial charge >= 0.3 is 0 Å². The van der Waals surface area contributed by atoms with E-state index in [9.17, 15) is 0 Å². The summed E-state index contributed by atoms with van der Waals surface area (Å²) in [5.41, 5.74) is 0. The highest BCUT2D eigenvalue weighted by Crippen LogP contribution is 2.21. The second kappa shape index (κ2) is 7.88. The fraction of sp³-hybridized carbons (Fsp3) is 1.00. The van der Waals surface area contributed by atoms with Crippen LogP contribution in [-0.4, -0.2) is 50.6 Å². The van der Waals surface area contributed by atoms with Gasteiger partial charge in [-0.15, -0.1) is 24.8 Å². The molecule has 0 saturated carbocycles. The van der Waals surface area contributed by atoms with Crippen molar-refractivity contribution >= 4 is 24.8 Å². The summed E-state index contributed by atoms with van der Waals surface area (Å²) in [7, 11) is 0. The maximum atomic E-state index is 5.41. The molecule has 18 heavy (non-hydrogen) atoms. The van der Waals surface area contributed by atoms with Crippen LogP contribution in [-0.2, 0) is 9.47 Å². The summed E-state index contributed by atoms with van der Waals surface area (Å²) in [4.78, 5) is 0. The molecule has 4 fully saturated rings. The molecule has 0 aliphatic carbocycles. The smallest absolute Gasteiger partial charge is 0.0740 e. The van der Waals surface area contributed by atoms with Crippen LogP contribution < -0.4 is 10.6 Å². The summed E-state index contributed by atoms with van der Waals surface area (Å²) >= 11 is 0. The van der Waals surface area contributed by atoms with Gasteiger partial charge in [0.05, 0.1) is 12.2 Å². The van der Waals surface area contributed by atoms with Crippen LogP contribution in [0.25, 0.3) is 0 Å². The Kier molecular flexibility index (Phi) is 7.21. The third kappa shape index (κ3) is 3.71. The van der Waals surface area contributed by atoms with E-state index < -0.39 is 0 Å². The average Bonchev–Trinajstić information content (AvgIpc) is 2.99. The quantitative estimate of drug-likeness (QED) is 0.703. The first-order valence-corrected chi connectivity index (χ1v) is 6.63. The zero-order valence-electron chi connectivity index (χ0n) is 10.6. The molecule has 4 heterocycles. The third-order valence-electron chi connectivity index (χ3n) is 4.09. The summed E-state index contributed by atoms with van der Waals surface area (Å²) in [6, 6.07) is 1.41. The maximum Gasteiger partial charge on any atom is 0.0740 e. The molecule has 0 aromatic heterocycles. The molecule has 108 valence electrons. The lowest BCUT2D eigenvalue weighted by molar-refractivity contribution is 0.112. The SMILES string of the molecule is C1C[C@@H]2OCC[C@@H]2N1.C1C[C@H]2OCC[C@H]2N1.Cl.Cl. The van der Waals surface area contributed by atoms with Gasteiger partial charge in [0.25, 0.3) is 0 Å². The van der Waals surface area contributed by atoms with Crippen molar-refractivity contribution in [2.24, 2.45) is 0 Å². The Balaban J connectivity index is 0.000000162. The van der Waals surface area contributed by atoms with E-state index in [2.05, 4.69) is 10.6 Å². The van der Waals surface area contributed by atoms with Gasteiger partial charge in [0, 0.05) is 25.3 Å². The molecule has 0 bridgehead atoms. The lowest BCUT2D eigenvalue weighted by Gasteiger charge is -2.04. The van der Waals surface area contributed by atoms with Crippen molar-refractivity contribution in [3.63, 3.8) is 0 Å². The minimum absolute atomic E-state index is 0. The highest BCUT2D eigenvalue weighted by molar-refractivity contribution is 5.85. The summed E-state index contributed by atoms with van der Waals surface area (Å²) in [5.74, 6) is 0. The van der Waals surface area contributed by atoms with Gasteiger partial charge in [0.1, 0.15) is 0 Å². The third-order valence-corrected chi connectivity index (χ3v) is 4.09. The molecule has 0 aromatic carbocycles. The van der Waals surface area contributed by atoms with E-state index in [1.807, 2.05) is 0 Å². The molecule has 4 nitrogen and oxygen atoms in total. The molecule has 0 spiro atoms. The lowest BCUT2D eigenvalue weighted by atomic mass is 10.2. The minimum atomic E-state index is 0. The molecular formula is C12H24Cl2N2O2. The molecule has 0 radical (unpaired) electrons. The van der Waals surface area contributed by atoms with Crippen LogP contribution in [0.3, 0.4) is 0 Å². The Labute approximate surface area is 121 Å². The number of rotatable bonds is 0. The first-order chi connectivity index (χ1) is 7.93. The van der Waals surface area contributed by atoms with Crippen molar-refractivity contribution in [1.82, 2.24) is 10.6 Å². The molecule has 4 aliphatic heterocycles. The van der Waals surface area contributed by atoms with Gasteiger partial charge in [-0.25, -0.2) is 0 Å². The van der Waals surface area contributed by atoms with E-state index in [0.29, 0.717) is 24.3 Å². The second-order valence-electron chi connectivity index (χ2n) is 5.09. The number of hydrogen-bond donors (Lipinski definition) is 2. The van der Waals surface area contributed by atoms with Gasteiger partial charge in [0.15, 0.2) is 0 Å². The fourth-order valence-corrected chi connectivity index (χ4v) is 3.15. The molecule has 6 heteroatoms. The first kappa shape index (κ1) is 16.5. The summed E-state index contributed by atoms with van der Waals surface area (Å²) in [6.07, 6.45) is 6.04. The van der Waals surface area contributed by atoms with E-state index in [0.717, 1.165) is 26.3 Å². The predicted molar refractivity (Wildman–Crippen MR) is 76.0 cm³/mol. The van der Waals surface area contributed by atoms with Crippen molar-refractivity contribution in [2.75, 3.05) is 26.3 Å². The van der Waals surface area contributed by atoms with Crippen molar-refractivity contribution in [1.29, 1.82) is 0 Å². The molecule has 0 unspecified atom stereocenters. The molecule has 4 saturated heterocycles. The molecule has 0 amide bonds. The lowest BCUT2D eigenvalue weighted by Crippen LogP contribution is -2.24. The largest absolute Gasteiger partial charge is 0.376 e. The van der Waals surface area contributed by atoms with Crippen molar-refractivity contribution in [3.05, 3.63) is 0 Å². The standard InChI is InChI=1S/2C6H11NO.2ClH/c2*1-3-7-5-2-4-8-6(1)5;;/h2*5-7H,1-4H2;2*1H/t2*5-,6-;;/m10../s1. The molecule has 4 atom stereocenters. The topological polar surface area (TPSA) is 42.5 Å². The zero-order chi connectivity index (χ0) is 10.8. The molecule has 4 aliphatic rings. The van der Waals surface area contributed by atoms with Crippen molar-refractivity contribution in [3.8, 4) is 0 Å². The Morgan fingerprint density at radius 2 is 1.11 bits per heavy atom. The fourth-order valence-electron chi connectivity index (χ4n) is 3.15. The van der Waals surface area contributed by atoms with Crippen LogP contribution in [0.4, 0.5) is 0 Å². The Morgan fingerprint density at radius 1 is 0.667 bits per heavy atom. The van der Waals surface area contributed by atoms with Gasteiger partial charge in [-0.1, -0.05) is 0 Å². The Hall–Kier alpha value is 0.420. The summed E-state index contributed by atoms with van der Waals surface area (Å²) in [5, 5.41) is 6.79. The molecule has 4 rings (SSSR count). The van der Waals surface area contributed by atoms with E-state index in [4.69, 9.17) is 9.47 Å². The number of fused-ring (bicyclic) bond motifs is 2. The number of ether oxygens (including phenoxy) is 2. The predicted octanol–water partition coefficient (Wildman–Crippen LogP) is 1.12. The molecule has 2 N–H and O–H groups in total. The van der Waals surface area contributed by atoms with Crippen LogP contribution in [0.1, 0.15) is 25.7 Å². The van der Waals surface area contributed by atoms with Gasteiger partial charge in [-0.05, 0) is 38.8 Å². The van der Waals surface area contributed by atoms with Crippen molar-refractivity contribution in [2.45, 2.75) is 50.0 Å². The zero-order valence-corrected chi connectivity index (χ0v) is 12.2. The molecular weight excluding hydrogens is 275 g/mol. The van der Waals surface area contributed by atoms with Crippen LogP contribution in [0, 0.1) is 0 Å². The minimum Gasteiger partial charge on any atom is -0.376 e. The van der Waals surface area contributed by atoms with Gasteiger partial charge in [-0.3, -0.25) is 0 Å². The van der Waals surface area contributed by atoms with Crippen LogP contribution in [0.2, 0.25) is 0 Å². The average molecular weight is 299 g/mol. The van der Waals surface area contributed by atoms with Gasteiger partial charge < -0.3 is 20.1 Å². The van der Waals surface area contributed by atoms with Gasteiger partial charge in [-0.2, -0.15) is 0 Å². The van der Waals surface area contributed by atoms with E-state index >= 15 is 0 Å². The normalized spacial score (nSPS) is 40.0. The summed E-state index contributed by atoms with van der Waals surface area (Å²) in [6.45, 7) is 4.27. The van der Waals surface area contributed by atoms with Gasteiger partial charge in [0.2, 0.25) is 0 Å². The highest BCUT2D eigenvalue weighted by Gasteiger charge is 2.32. The Morgan fingerprint density at radius 3 is 1.50 bits per heavy atom. The van der Waals surface area contributed by atoms with E-state index in [1.54, 1.807) is 0 Å². The molecule has 0 aromatic rings. The van der Waals surface area contributed by atoms with Crippen LogP contribution in [0.5, 0.6) is 0 Å².